The summed E-state index contributed by atoms with van der Waals surface area (Å²) in [6.45, 7) is 1.69. The summed E-state index contributed by atoms with van der Waals surface area (Å²) < 4.78 is 0. The van der Waals surface area contributed by atoms with Crippen molar-refractivity contribution in [1.82, 2.24) is 16.0 Å². The van der Waals surface area contributed by atoms with E-state index in [4.69, 9.17) is 10.7 Å². The number of hydrogen-bond donors (Lipinski definition) is 4. The molecule has 5 nitrogen and oxygen atoms in total. The lowest BCUT2D eigenvalue weighted by Crippen LogP contribution is -2.40. The van der Waals surface area contributed by atoms with Gasteiger partial charge in [-0.25, -0.2) is 0 Å². The number of nitriles is 1. The summed E-state index contributed by atoms with van der Waals surface area (Å²) in [5, 5.41) is 27.2. The van der Waals surface area contributed by atoms with Gasteiger partial charge in [0.15, 0.2) is 0 Å². The molecule has 5 heteroatoms. The van der Waals surface area contributed by atoms with Gasteiger partial charge in [-0.3, -0.25) is 5.41 Å². The van der Waals surface area contributed by atoms with Gasteiger partial charge in [-0.05, 0) is 24.0 Å². The highest BCUT2D eigenvalue weighted by molar-refractivity contribution is 5.97. The molecule has 2 unspecified atom stereocenters. The van der Waals surface area contributed by atoms with Crippen molar-refractivity contribution in [3.63, 3.8) is 0 Å². The van der Waals surface area contributed by atoms with Crippen LogP contribution in [0.15, 0.2) is 58.9 Å². The third kappa shape index (κ3) is 4.09. The predicted molar refractivity (Wildman–Crippen MR) is 101 cm³/mol. The first-order chi connectivity index (χ1) is 12.2. The van der Waals surface area contributed by atoms with Gasteiger partial charge < -0.3 is 16.0 Å². The van der Waals surface area contributed by atoms with E-state index in [1.54, 1.807) is 0 Å². The summed E-state index contributed by atoms with van der Waals surface area (Å²) in [6, 6.07) is 2.42. The van der Waals surface area contributed by atoms with Gasteiger partial charge >= 0.3 is 0 Å². The molecule has 0 aromatic carbocycles. The summed E-state index contributed by atoms with van der Waals surface area (Å²) in [5.41, 5.74) is 4.56. The zero-order valence-corrected chi connectivity index (χ0v) is 14.6. The molecule has 0 aromatic heterocycles. The maximum absolute atomic E-state index is 8.95. The Balaban J connectivity index is 1.59. The van der Waals surface area contributed by atoms with Gasteiger partial charge in [-0.15, -0.1) is 0 Å². The lowest BCUT2D eigenvalue weighted by molar-refractivity contribution is 0.649. The molecule has 1 aliphatic heterocycles. The van der Waals surface area contributed by atoms with Crippen molar-refractivity contribution in [3.05, 3.63) is 58.9 Å². The number of allylic oxidation sites excluding steroid dienone is 6. The normalized spacial score (nSPS) is 25.8. The van der Waals surface area contributed by atoms with Gasteiger partial charge in [0.2, 0.25) is 0 Å². The van der Waals surface area contributed by atoms with Crippen LogP contribution in [0.5, 0.6) is 0 Å². The molecule has 2 atom stereocenters. The highest BCUT2D eigenvalue weighted by Crippen LogP contribution is 2.25. The second-order valence-electron chi connectivity index (χ2n) is 6.50. The minimum atomic E-state index is 0.00514. The maximum atomic E-state index is 8.95. The smallest absolute Gasteiger partial charge is 0.124 e. The fourth-order valence-corrected chi connectivity index (χ4v) is 3.34. The summed E-state index contributed by atoms with van der Waals surface area (Å²) >= 11 is 0. The lowest BCUT2D eigenvalue weighted by atomic mass is 9.90. The molecule has 0 amide bonds. The Bertz CT molecular complexity index is 730. The van der Waals surface area contributed by atoms with Crippen LogP contribution in [0.2, 0.25) is 0 Å². The summed E-state index contributed by atoms with van der Waals surface area (Å²) in [7, 11) is 1.92. The quantitative estimate of drug-likeness (QED) is 0.469. The van der Waals surface area contributed by atoms with Crippen LogP contribution in [0.25, 0.3) is 0 Å². The second kappa shape index (κ2) is 8.00. The first-order valence-corrected chi connectivity index (χ1v) is 8.84. The van der Waals surface area contributed by atoms with Crippen LogP contribution < -0.4 is 16.0 Å². The van der Waals surface area contributed by atoms with Crippen LogP contribution in [0.1, 0.15) is 19.3 Å². The highest BCUT2D eigenvalue weighted by Gasteiger charge is 2.19. The number of hydrogen-bond acceptors (Lipinski definition) is 4. The maximum Gasteiger partial charge on any atom is 0.124 e. The van der Waals surface area contributed by atoms with E-state index >= 15 is 0 Å². The minimum Gasteiger partial charge on any atom is -0.391 e. The van der Waals surface area contributed by atoms with E-state index in [2.05, 4.69) is 46.3 Å². The zero-order valence-electron chi connectivity index (χ0n) is 14.6. The first-order valence-electron chi connectivity index (χ1n) is 8.84. The topological polar surface area (TPSA) is 83.7 Å². The Morgan fingerprint density at radius 2 is 2.00 bits per heavy atom. The Kier molecular flexibility index (Phi) is 5.52. The second-order valence-corrected chi connectivity index (χ2v) is 6.50. The standard InChI is InChI=1S/C20H25N5/c1-23-19-10-11-24-13-18(19)20(22)25-17-8-6-16(7-9-17)15-4-2-14(12-21)3-5-15/h2,4-8,14,17,23-24H,3,9-11,13H2,1H3,(H2,22,25). The molecular weight excluding hydrogens is 310 g/mol. The molecule has 0 saturated carbocycles. The number of nitrogens with one attached hydrogen (secondary N) is 4. The molecule has 0 radical (unpaired) electrons. The molecule has 2 aliphatic carbocycles. The van der Waals surface area contributed by atoms with Crippen molar-refractivity contribution in [2.45, 2.75) is 25.3 Å². The Hall–Kier alpha value is -2.58. The highest BCUT2D eigenvalue weighted by atomic mass is 15.0. The van der Waals surface area contributed by atoms with Crippen molar-refractivity contribution in [2.24, 2.45) is 5.92 Å². The monoisotopic (exact) mass is 335 g/mol. The van der Waals surface area contributed by atoms with Crippen LogP contribution in [0.3, 0.4) is 0 Å². The van der Waals surface area contributed by atoms with Crippen LogP contribution in [-0.4, -0.2) is 32.0 Å². The molecule has 1 heterocycles. The molecule has 0 aromatic rings. The van der Waals surface area contributed by atoms with Crippen LogP contribution >= 0.6 is 0 Å². The van der Waals surface area contributed by atoms with Crippen molar-refractivity contribution in [2.75, 3.05) is 20.1 Å². The van der Waals surface area contributed by atoms with Gasteiger partial charge in [0.25, 0.3) is 0 Å². The first kappa shape index (κ1) is 17.2. The Morgan fingerprint density at radius 3 is 2.60 bits per heavy atom. The molecule has 25 heavy (non-hydrogen) atoms. The van der Waals surface area contributed by atoms with Gasteiger partial charge in [-0.1, -0.05) is 36.5 Å². The van der Waals surface area contributed by atoms with Gasteiger partial charge in [0.1, 0.15) is 5.84 Å². The van der Waals surface area contributed by atoms with E-state index in [9.17, 15) is 0 Å². The van der Waals surface area contributed by atoms with Crippen LogP contribution in [-0.2, 0) is 0 Å². The van der Waals surface area contributed by atoms with Crippen LogP contribution in [0, 0.1) is 22.7 Å². The summed E-state index contributed by atoms with van der Waals surface area (Å²) in [4.78, 5) is 0. The minimum absolute atomic E-state index is 0.00514. The molecule has 3 aliphatic rings. The molecular formula is C20H25N5. The summed E-state index contributed by atoms with van der Waals surface area (Å²) in [5.74, 6) is 0.502. The fourth-order valence-electron chi connectivity index (χ4n) is 3.34. The Labute approximate surface area is 149 Å². The van der Waals surface area contributed by atoms with E-state index in [1.807, 2.05) is 19.2 Å². The van der Waals surface area contributed by atoms with E-state index in [0.717, 1.165) is 43.6 Å². The zero-order chi connectivity index (χ0) is 17.6. The molecule has 0 bridgehead atoms. The molecule has 3 rings (SSSR count). The largest absolute Gasteiger partial charge is 0.391 e. The van der Waals surface area contributed by atoms with Crippen molar-refractivity contribution in [3.8, 4) is 6.07 Å². The van der Waals surface area contributed by atoms with Crippen molar-refractivity contribution < 1.29 is 0 Å². The average Bonchev–Trinajstić information content (AvgIpc) is 2.68. The van der Waals surface area contributed by atoms with E-state index in [1.165, 1.54) is 11.1 Å². The number of nitrogens with zero attached hydrogens (tertiary/aromatic N) is 1. The van der Waals surface area contributed by atoms with Crippen molar-refractivity contribution in [1.29, 1.82) is 10.7 Å². The lowest BCUT2D eigenvalue weighted by Gasteiger charge is -2.25. The average molecular weight is 335 g/mol. The van der Waals surface area contributed by atoms with E-state index < -0.39 is 0 Å². The third-order valence-electron chi connectivity index (χ3n) is 4.85. The summed E-state index contributed by atoms with van der Waals surface area (Å²) in [6.07, 6.45) is 15.2. The molecule has 0 saturated heterocycles. The molecule has 130 valence electrons. The SMILES string of the molecule is CNC1=C(C(=N)NC2C=CC(C3=CCC(C#N)C=C3)=CC2)CNCC1. The number of amidine groups is 1. The Morgan fingerprint density at radius 1 is 1.24 bits per heavy atom. The van der Waals surface area contributed by atoms with E-state index in [0.29, 0.717) is 5.84 Å². The predicted octanol–water partition coefficient (Wildman–Crippen LogP) is 2.30. The van der Waals surface area contributed by atoms with Gasteiger partial charge in [-0.2, -0.15) is 5.26 Å². The van der Waals surface area contributed by atoms with Gasteiger partial charge in [0.05, 0.1) is 12.0 Å². The fraction of sp³-hybridized carbons (Fsp3) is 0.400. The molecule has 4 N–H and O–H groups in total. The van der Waals surface area contributed by atoms with E-state index in [-0.39, 0.29) is 12.0 Å². The number of rotatable bonds is 4. The van der Waals surface area contributed by atoms with Gasteiger partial charge in [0, 0.05) is 43.9 Å². The van der Waals surface area contributed by atoms with Crippen LogP contribution in [0.4, 0.5) is 0 Å². The molecule has 0 spiro atoms. The third-order valence-corrected chi connectivity index (χ3v) is 4.85. The van der Waals surface area contributed by atoms with Crippen molar-refractivity contribution >= 4 is 5.84 Å². The molecule has 0 fully saturated rings.